The number of non-ortho nitro benzene ring substituents is 1. The monoisotopic (exact) mass is 438 g/mol. The molecule has 3 aromatic rings. The van der Waals surface area contributed by atoms with E-state index in [2.05, 4.69) is 25.7 Å². The fourth-order valence-electron chi connectivity index (χ4n) is 2.74. The van der Waals surface area contributed by atoms with E-state index in [4.69, 9.17) is 0 Å². The molecule has 0 fully saturated rings. The third-order valence-corrected chi connectivity index (χ3v) is 4.42. The number of hydrogen-bond acceptors (Lipinski definition) is 8. The Balaban J connectivity index is 1.70. The third-order valence-electron chi connectivity index (χ3n) is 4.42. The summed E-state index contributed by atoms with van der Waals surface area (Å²) in [5, 5.41) is 23.8. The molecule has 0 aliphatic heterocycles. The maximum absolute atomic E-state index is 12.6. The number of ether oxygens (including phenoxy) is 1. The number of aromatic nitrogens is 3. The van der Waals surface area contributed by atoms with Gasteiger partial charge in [0.2, 0.25) is 0 Å². The van der Waals surface area contributed by atoms with Gasteiger partial charge in [-0.15, -0.1) is 5.10 Å². The molecule has 0 spiro atoms. The van der Waals surface area contributed by atoms with Gasteiger partial charge in [0.1, 0.15) is 6.54 Å². The molecule has 0 saturated heterocycles. The van der Waals surface area contributed by atoms with Crippen LogP contribution in [0.4, 0.5) is 11.4 Å². The Kier molecular flexibility index (Phi) is 6.53. The smallest absolute Gasteiger partial charge is 0.325 e. The number of nitrogens with zero attached hydrogens (tertiary/aromatic N) is 4. The highest BCUT2D eigenvalue weighted by molar-refractivity contribution is 6.04. The van der Waals surface area contributed by atoms with Crippen molar-refractivity contribution in [2.24, 2.45) is 0 Å². The minimum absolute atomic E-state index is 0.0383. The number of nitrogens with one attached hydrogen (secondary N) is 2. The Labute approximate surface area is 181 Å². The van der Waals surface area contributed by atoms with Gasteiger partial charge in [0.25, 0.3) is 17.5 Å². The molecule has 164 valence electrons. The van der Waals surface area contributed by atoms with Gasteiger partial charge in [-0.05, 0) is 37.3 Å². The van der Waals surface area contributed by atoms with Crippen LogP contribution in [0.5, 0.6) is 0 Å². The van der Waals surface area contributed by atoms with Crippen molar-refractivity contribution >= 4 is 29.2 Å². The van der Waals surface area contributed by atoms with Crippen LogP contribution in [0.15, 0.2) is 48.5 Å². The lowest BCUT2D eigenvalue weighted by atomic mass is 10.2. The molecule has 0 saturated carbocycles. The van der Waals surface area contributed by atoms with Crippen LogP contribution < -0.4 is 10.6 Å². The number of hydrogen-bond donors (Lipinski definition) is 2. The first kappa shape index (κ1) is 22.1. The highest BCUT2D eigenvalue weighted by Gasteiger charge is 2.19. The van der Waals surface area contributed by atoms with Crippen molar-refractivity contribution in [3.05, 3.63) is 75.6 Å². The van der Waals surface area contributed by atoms with Gasteiger partial charge in [-0.2, -0.15) is 0 Å². The zero-order chi connectivity index (χ0) is 23.3. The van der Waals surface area contributed by atoms with Gasteiger partial charge < -0.3 is 15.4 Å². The molecule has 2 aromatic carbocycles. The lowest BCUT2D eigenvalue weighted by Crippen LogP contribution is -2.30. The van der Waals surface area contributed by atoms with Crippen molar-refractivity contribution in [1.82, 2.24) is 20.3 Å². The molecule has 1 aromatic heterocycles. The van der Waals surface area contributed by atoms with Crippen LogP contribution in [0.3, 0.4) is 0 Å². The van der Waals surface area contributed by atoms with Crippen LogP contribution in [-0.2, 0) is 9.53 Å². The Hall–Kier alpha value is -4.61. The van der Waals surface area contributed by atoms with E-state index >= 15 is 0 Å². The second-order valence-corrected chi connectivity index (χ2v) is 6.50. The molecule has 32 heavy (non-hydrogen) atoms. The summed E-state index contributed by atoms with van der Waals surface area (Å²) in [4.78, 5) is 46.2. The standard InChI is InChI=1S/C20H18N6O6/c1-12-18(23-24-25(12)15-4-3-5-16(10-15)26(30)31)20(29)22-14-8-6-13(7-9-14)19(28)21-11-17(27)32-2/h3-10H,11H2,1-2H3,(H,21,28)(H,22,29). The van der Waals surface area contributed by atoms with E-state index in [-0.39, 0.29) is 17.9 Å². The lowest BCUT2D eigenvalue weighted by molar-refractivity contribution is -0.384. The number of nitro benzene ring substituents is 1. The number of anilines is 1. The van der Waals surface area contributed by atoms with E-state index < -0.39 is 22.7 Å². The number of esters is 1. The van der Waals surface area contributed by atoms with E-state index in [0.29, 0.717) is 22.6 Å². The van der Waals surface area contributed by atoms with Crippen LogP contribution in [0, 0.1) is 17.0 Å². The summed E-state index contributed by atoms with van der Waals surface area (Å²) in [6.45, 7) is 1.36. The van der Waals surface area contributed by atoms with Gasteiger partial charge in [-0.1, -0.05) is 11.3 Å². The number of carbonyl (C=O) groups is 3. The van der Waals surface area contributed by atoms with Crippen molar-refractivity contribution in [3.63, 3.8) is 0 Å². The molecule has 0 atom stereocenters. The average molecular weight is 438 g/mol. The summed E-state index contributed by atoms with van der Waals surface area (Å²) in [6.07, 6.45) is 0. The number of methoxy groups -OCH3 is 1. The zero-order valence-corrected chi connectivity index (χ0v) is 17.1. The molecular formula is C20H18N6O6. The first-order chi connectivity index (χ1) is 15.3. The SMILES string of the molecule is COC(=O)CNC(=O)c1ccc(NC(=O)c2nnn(-c3cccc([N+](=O)[O-])c3)c2C)cc1. The topological polar surface area (TPSA) is 158 Å². The van der Waals surface area contributed by atoms with Crippen molar-refractivity contribution in [2.45, 2.75) is 6.92 Å². The number of carbonyl (C=O) groups excluding carboxylic acids is 3. The fourth-order valence-corrected chi connectivity index (χ4v) is 2.74. The highest BCUT2D eigenvalue weighted by Crippen LogP contribution is 2.19. The molecule has 0 aliphatic carbocycles. The van der Waals surface area contributed by atoms with Gasteiger partial charge >= 0.3 is 5.97 Å². The molecule has 12 heteroatoms. The van der Waals surface area contributed by atoms with E-state index in [1.165, 1.54) is 54.3 Å². The average Bonchev–Trinajstić information content (AvgIpc) is 3.19. The van der Waals surface area contributed by atoms with Crippen molar-refractivity contribution in [3.8, 4) is 5.69 Å². The molecular weight excluding hydrogens is 420 g/mol. The van der Waals surface area contributed by atoms with Crippen molar-refractivity contribution in [2.75, 3.05) is 19.0 Å². The minimum Gasteiger partial charge on any atom is -0.468 e. The van der Waals surface area contributed by atoms with E-state index in [1.807, 2.05) is 0 Å². The minimum atomic E-state index is -0.573. The Morgan fingerprint density at radius 2 is 1.84 bits per heavy atom. The second-order valence-electron chi connectivity index (χ2n) is 6.50. The summed E-state index contributed by atoms with van der Waals surface area (Å²) in [6, 6.07) is 11.8. The van der Waals surface area contributed by atoms with Crippen LogP contribution in [-0.4, -0.2) is 51.4 Å². The maximum atomic E-state index is 12.6. The summed E-state index contributed by atoms with van der Waals surface area (Å²) in [5.74, 6) is -1.58. The summed E-state index contributed by atoms with van der Waals surface area (Å²) in [5.41, 5.74) is 1.41. The van der Waals surface area contributed by atoms with Gasteiger partial charge in [-0.25, -0.2) is 4.68 Å². The van der Waals surface area contributed by atoms with Crippen LogP contribution in [0.2, 0.25) is 0 Å². The number of benzene rings is 2. The molecule has 3 rings (SSSR count). The molecule has 2 amide bonds. The highest BCUT2D eigenvalue weighted by atomic mass is 16.6. The molecule has 0 bridgehead atoms. The Morgan fingerprint density at radius 3 is 2.50 bits per heavy atom. The van der Waals surface area contributed by atoms with Gasteiger partial charge in [-0.3, -0.25) is 24.5 Å². The lowest BCUT2D eigenvalue weighted by Gasteiger charge is -2.07. The summed E-state index contributed by atoms with van der Waals surface area (Å²) in [7, 11) is 1.22. The van der Waals surface area contributed by atoms with E-state index in [9.17, 15) is 24.5 Å². The Bertz CT molecular complexity index is 1190. The molecule has 2 N–H and O–H groups in total. The van der Waals surface area contributed by atoms with Crippen molar-refractivity contribution in [1.29, 1.82) is 0 Å². The van der Waals surface area contributed by atoms with Crippen LogP contribution >= 0.6 is 0 Å². The predicted molar refractivity (Wildman–Crippen MR) is 111 cm³/mol. The second kappa shape index (κ2) is 9.47. The fraction of sp³-hybridized carbons (Fsp3) is 0.150. The Morgan fingerprint density at radius 1 is 1.12 bits per heavy atom. The maximum Gasteiger partial charge on any atom is 0.325 e. The quantitative estimate of drug-likeness (QED) is 0.320. The predicted octanol–water partition coefficient (Wildman–Crippen LogP) is 1.64. The normalized spacial score (nSPS) is 10.3. The van der Waals surface area contributed by atoms with Gasteiger partial charge in [0, 0.05) is 23.4 Å². The molecule has 1 heterocycles. The summed E-state index contributed by atoms with van der Waals surface area (Å²) >= 11 is 0. The number of amides is 2. The van der Waals surface area contributed by atoms with Gasteiger partial charge in [0.05, 0.1) is 23.4 Å². The summed E-state index contributed by atoms with van der Waals surface area (Å²) < 4.78 is 5.78. The number of rotatable bonds is 7. The largest absolute Gasteiger partial charge is 0.468 e. The first-order valence-corrected chi connectivity index (χ1v) is 9.23. The first-order valence-electron chi connectivity index (χ1n) is 9.23. The van der Waals surface area contributed by atoms with Gasteiger partial charge in [0.15, 0.2) is 5.69 Å². The molecule has 0 aliphatic rings. The molecule has 12 nitrogen and oxygen atoms in total. The van der Waals surface area contributed by atoms with E-state index in [1.54, 1.807) is 13.0 Å². The van der Waals surface area contributed by atoms with Crippen LogP contribution in [0.1, 0.15) is 26.5 Å². The zero-order valence-electron chi connectivity index (χ0n) is 17.1. The van der Waals surface area contributed by atoms with Crippen molar-refractivity contribution < 1.29 is 24.0 Å². The van der Waals surface area contributed by atoms with Crippen LogP contribution in [0.25, 0.3) is 5.69 Å². The number of nitro groups is 1. The third kappa shape index (κ3) is 4.92. The van der Waals surface area contributed by atoms with E-state index in [0.717, 1.165) is 0 Å². The molecule has 0 radical (unpaired) electrons. The molecule has 0 unspecified atom stereocenters.